The maximum Gasteiger partial charge on any atom is 0.416 e. The number of Topliss-reactive ketones (excluding diaryl/α,β-unsaturated/α-hetero) is 1. The maximum atomic E-state index is 13.9. The van der Waals surface area contributed by atoms with Crippen LogP contribution in [0.3, 0.4) is 0 Å². The molecular formula is C30H26F3N5O4S. The van der Waals surface area contributed by atoms with Gasteiger partial charge in [-0.15, -0.1) is 11.3 Å². The molecule has 0 bridgehead atoms. The number of pyridine rings is 1. The zero-order chi connectivity index (χ0) is 30.1. The molecule has 2 aromatic carbocycles. The molecule has 2 atom stereocenters. The number of halogens is 3. The third-order valence-corrected chi connectivity index (χ3v) is 7.95. The molecule has 1 saturated heterocycles. The summed E-state index contributed by atoms with van der Waals surface area (Å²) < 4.78 is 52.0. The molecule has 0 radical (unpaired) electrons. The van der Waals surface area contributed by atoms with E-state index in [0.717, 1.165) is 39.9 Å². The number of aromatic nitrogens is 1. The minimum absolute atomic E-state index is 0.00471. The van der Waals surface area contributed by atoms with Gasteiger partial charge in [0, 0.05) is 43.2 Å². The number of ether oxygens (including phenoxy) is 2. The molecule has 4 N–H and O–H groups in total. The van der Waals surface area contributed by atoms with Crippen molar-refractivity contribution in [3.63, 3.8) is 0 Å². The van der Waals surface area contributed by atoms with Crippen LogP contribution in [0.5, 0.6) is 0 Å². The Hall–Kier alpha value is -4.46. The number of carbonyl (C=O) groups is 2. The van der Waals surface area contributed by atoms with Gasteiger partial charge in [0.2, 0.25) is 5.78 Å². The number of anilines is 3. The standard InChI is InChI=1S/C30H26F3N5O4S/c1-41-10-9-35-24-23(25(39)27-26(24)42-27)37-18-12-17(30(31,32)33)13-19(14-18)38-29(40)28-22(7-11-43-28)36-15-16-6-8-34-21-5-3-2-4-20(16)21/h2-8,11-14,26-27,35-37H,9-10,15H2,1H3,(H,38,40). The predicted molar refractivity (Wildman–Crippen MR) is 157 cm³/mol. The first-order chi connectivity index (χ1) is 20.7. The van der Waals surface area contributed by atoms with E-state index in [1.165, 1.54) is 13.2 Å². The molecule has 2 aliphatic rings. The van der Waals surface area contributed by atoms with Gasteiger partial charge in [0.15, 0.2) is 6.10 Å². The van der Waals surface area contributed by atoms with Gasteiger partial charge in [-0.2, -0.15) is 13.2 Å². The van der Waals surface area contributed by atoms with Gasteiger partial charge in [-0.3, -0.25) is 14.6 Å². The van der Waals surface area contributed by atoms with Crippen molar-refractivity contribution in [2.24, 2.45) is 0 Å². The number of ketones is 1. The number of para-hydroxylation sites is 1. The number of methoxy groups -OCH3 is 1. The normalized spacial score (nSPS) is 17.6. The fraction of sp³-hybridized carbons (Fsp3) is 0.233. The Balaban J connectivity index is 1.22. The summed E-state index contributed by atoms with van der Waals surface area (Å²) in [5.41, 5.74) is 1.89. The van der Waals surface area contributed by atoms with Crippen molar-refractivity contribution in [3.8, 4) is 0 Å². The number of rotatable bonds is 11. The smallest absolute Gasteiger partial charge is 0.383 e. The van der Waals surface area contributed by atoms with Crippen LogP contribution in [-0.4, -0.2) is 49.1 Å². The predicted octanol–water partition coefficient (Wildman–Crippen LogP) is 5.39. The third-order valence-electron chi connectivity index (χ3n) is 7.04. The zero-order valence-electron chi connectivity index (χ0n) is 22.7. The number of alkyl halides is 3. The summed E-state index contributed by atoms with van der Waals surface area (Å²) in [6.45, 7) is 1.16. The highest BCUT2D eigenvalue weighted by Crippen LogP contribution is 2.40. The number of epoxide rings is 1. The molecular weight excluding hydrogens is 583 g/mol. The SMILES string of the molecule is COCCNC1=C(Nc2cc(NC(=O)c3sccc3NCc3ccnc4ccccc34)cc(C(F)(F)F)c2)C(=O)C2OC12. The van der Waals surface area contributed by atoms with E-state index in [1.54, 1.807) is 17.6 Å². The third kappa shape index (κ3) is 6.05. The first kappa shape index (κ1) is 28.6. The van der Waals surface area contributed by atoms with Crippen LogP contribution in [0.15, 0.2) is 77.6 Å². The summed E-state index contributed by atoms with van der Waals surface area (Å²) in [6, 6.07) is 14.4. The highest BCUT2D eigenvalue weighted by molar-refractivity contribution is 7.12. The number of nitrogens with zero attached hydrogens (tertiary/aromatic N) is 1. The molecule has 2 unspecified atom stereocenters. The molecule has 222 valence electrons. The van der Waals surface area contributed by atoms with E-state index in [0.29, 0.717) is 36.0 Å². The van der Waals surface area contributed by atoms with Crippen LogP contribution >= 0.6 is 11.3 Å². The Kier molecular flexibility index (Phi) is 7.77. The van der Waals surface area contributed by atoms with Crippen LogP contribution in [0.1, 0.15) is 20.8 Å². The van der Waals surface area contributed by atoms with Crippen LogP contribution in [0, 0.1) is 0 Å². The lowest BCUT2D eigenvalue weighted by atomic mass is 10.1. The number of fused-ring (bicyclic) bond motifs is 2. The van der Waals surface area contributed by atoms with E-state index >= 15 is 0 Å². The van der Waals surface area contributed by atoms with Crippen LogP contribution in [0.25, 0.3) is 10.9 Å². The van der Waals surface area contributed by atoms with Gasteiger partial charge in [0.1, 0.15) is 16.7 Å². The summed E-state index contributed by atoms with van der Waals surface area (Å²) in [7, 11) is 1.53. The van der Waals surface area contributed by atoms with Gasteiger partial charge >= 0.3 is 6.18 Å². The molecule has 1 amide bonds. The van der Waals surface area contributed by atoms with Crippen molar-refractivity contribution in [2.45, 2.75) is 24.9 Å². The molecule has 0 saturated carbocycles. The average molecular weight is 610 g/mol. The van der Waals surface area contributed by atoms with E-state index in [4.69, 9.17) is 9.47 Å². The molecule has 43 heavy (non-hydrogen) atoms. The molecule has 3 heterocycles. The summed E-state index contributed by atoms with van der Waals surface area (Å²) >= 11 is 1.16. The minimum atomic E-state index is -4.70. The zero-order valence-corrected chi connectivity index (χ0v) is 23.6. The number of hydrogen-bond acceptors (Lipinski definition) is 9. The fourth-order valence-electron chi connectivity index (χ4n) is 4.95. The monoisotopic (exact) mass is 609 g/mol. The Bertz CT molecular complexity index is 1730. The second-order valence-corrected chi connectivity index (χ2v) is 10.8. The van der Waals surface area contributed by atoms with E-state index in [-0.39, 0.29) is 22.9 Å². The van der Waals surface area contributed by atoms with Crippen molar-refractivity contribution in [1.82, 2.24) is 10.3 Å². The molecule has 1 aliphatic carbocycles. The summed E-state index contributed by atoms with van der Waals surface area (Å²) in [6.07, 6.45) is -4.11. The lowest BCUT2D eigenvalue weighted by Crippen LogP contribution is -2.24. The quantitative estimate of drug-likeness (QED) is 0.132. The lowest BCUT2D eigenvalue weighted by molar-refractivity contribution is -0.137. The van der Waals surface area contributed by atoms with E-state index in [2.05, 4.69) is 26.3 Å². The summed E-state index contributed by atoms with van der Waals surface area (Å²) in [5.74, 6) is -0.931. The number of thiophene rings is 1. The van der Waals surface area contributed by atoms with Crippen LogP contribution < -0.4 is 21.3 Å². The van der Waals surface area contributed by atoms with Crippen molar-refractivity contribution >= 4 is 51.0 Å². The van der Waals surface area contributed by atoms with Crippen molar-refractivity contribution in [3.05, 3.63) is 93.6 Å². The molecule has 9 nitrogen and oxygen atoms in total. The Labute approximate surface area is 248 Å². The average Bonchev–Trinajstić information content (AvgIpc) is 3.56. The molecule has 1 aliphatic heterocycles. The first-order valence-electron chi connectivity index (χ1n) is 13.3. The Morgan fingerprint density at radius 3 is 2.70 bits per heavy atom. The topological polar surface area (TPSA) is 117 Å². The Morgan fingerprint density at radius 1 is 1.07 bits per heavy atom. The van der Waals surface area contributed by atoms with E-state index in [9.17, 15) is 22.8 Å². The van der Waals surface area contributed by atoms with Crippen molar-refractivity contribution < 1.29 is 32.2 Å². The summed E-state index contributed by atoms with van der Waals surface area (Å²) in [4.78, 5) is 30.7. The van der Waals surface area contributed by atoms with Gasteiger partial charge in [-0.1, -0.05) is 18.2 Å². The maximum absolute atomic E-state index is 13.9. The molecule has 13 heteroatoms. The second-order valence-electron chi connectivity index (χ2n) is 9.93. The number of nitrogens with one attached hydrogen (secondary N) is 4. The number of carbonyl (C=O) groups excluding carboxylic acids is 2. The molecule has 6 rings (SSSR count). The van der Waals surface area contributed by atoms with Crippen LogP contribution in [-0.2, 0) is 27.0 Å². The number of benzene rings is 2. The van der Waals surface area contributed by atoms with Crippen LogP contribution in [0.2, 0.25) is 0 Å². The van der Waals surface area contributed by atoms with Crippen LogP contribution in [0.4, 0.5) is 30.2 Å². The molecule has 1 fully saturated rings. The van der Waals surface area contributed by atoms with Gasteiger partial charge < -0.3 is 30.7 Å². The number of amides is 1. The van der Waals surface area contributed by atoms with Gasteiger partial charge in [0.25, 0.3) is 5.91 Å². The summed E-state index contributed by atoms with van der Waals surface area (Å²) in [5, 5.41) is 14.5. The highest BCUT2D eigenvalue weighted by atomic mass is 32.1. The molecule has 2 aromatic heterocycles. The molecule has 4 aromatic rings. The van der Waals surface area contributed by atoms with Gasteiger partial charge in [0.05, 0.1) is 29.1 Å². The first-order valence-corrected chi connectivity index (χ1v) is 14.2. The van der Waals surface area contributed by atoms with E-state index < -0.39 is 29.9 Å². The number of hydrogen-bond donors (Lipinski definition) is 4. The fourth-order valence-corrected chi connectivity index (χ4v) is 5.71. The van der Waals surface area contributed by atoms with Gasteiger partial charge in [-0.05, 0) is 47.3 Å². The van der Waals surface area contributed by atoms with Crippen molar-refractivity contribution in [1.29, 1.82) is 0 Å². The largest absolute Gasteiger partial charge is 0.416 e. The Morgan fingerprint density at radius 2 is 1.88 bits per heavy atom. The molecule has 0 spiro atoms. The van der Waals surface area contributed by atoms with E-state index in [1.807, 2.05) is 30.3 Å². The van der Waals surface area contributed by atoms with Crippen molar-refractivity contribution in [2.75, 3.05) is 36.2 Å². The highest BCUT2D eigenvalue weighted by Gasteiger charge is 2.56. The lowest BCUT2D eigenvalue weighted by Gasteiger charge is -2.17. The second kappa shape index (κ2) is 11.7. The minimum Gasteiger partial charge on any atom is -0.383 e. The van der Waals surface area contributed by atoms with Gasteiger partial charge in [-0.25, -0.2) is 0 Å².